The Morgan fingerprint density at radius 1 is 1.42 bits per heavy atom. The first kappa shape index (κ1) is 15.4. The van der Waals surface area contributed by atoms with Crippen molar-refractivity contribution in [3.8, 4) is 0 Å². The Balaban J connectivity index is 2.53. The first-order valence-electron chi connectivity index (χ1n) is 5.88. The molecule has 0 saturated carbocycles. The molecule has 0 unspecified atom stereocenters. The number of hydrogen-bond acceptors (Lipinski definition) is 2. The number of nitrogens with zero attached hydrogens (tertiary/aromatic N) is 1. The molecule has 0 aliphatic heterocycles. The van der Waals surface area contributed by atoms with E-state index in [1.54, 1.807) is 20.0 Å². The lowest BCUT2D eigenvalue weighted by Gasteiger charge is -2.17. The molecule has 2 amide bonds. The molecule has 0 fully saturated rings. The fraction of sp³-hybridized carbons (Fsp3) is 0.385. The smallest absolute Gasteiger partial charge is 0.242 e. The highest BCUT2D eigenvalue weighted by molar-refractivity contribution is 6.30. The van der Waals surface area contributed by atoms with Gasteiger partial charge in [-0.25, -0.2) is 4.39 Å². The van der Waals surface area contributed by atoms with Gasteiger partial charge in [-0.15, -0.1) is 0 Å². The minimum atomic E-state index is -0.491. The molecule has 0 atom stereocenters. The number of rotatable bonds is 5. The summed E-state index contributed by atoms with van der Waals surface area (Å²) in [4.78, 5) is 24.2. The van der Waals surface area contributed by atoms with Gasteiger partial charge in [0.25, 0.3) is 0 Å². The second-order valence-electron chi connectivity index (χ2n) is 4.13. The van der Waals surface area contributed by atoms with Crippen LogP contribution in [0, 0.1) is 5.82 Å². The lowest BCUT2D eigenvalue weighted by atomic mass is 10.2. The van der Waals surface area contributed by atoms with Crippen LogP contribution in [-0.2, 0) is 16.1 Å². The molecule has 0 aliphatic carbocycles. The van der Waals surface area contributed by atoms with Crippen molar-refractivity contribution in [3.05, 3.63) is 34.6 Å². The van der Waals surface area contributed by atoms with Gasteiger partial charge in [0.1, 0.15) is 5.82 Å². The van der Waals surface area contributed by atoms with Crippen molar-refractivity contribution in [1.82, 2.24) is 10.2 Å². The van der Waals surface area contributed by atoms with Crippen LogP contribution in [0.25, 0.3) is 0 Å². The van der Waals surface area contributed by atoms with Crippen LogP contribution in [0.15, 0.2) is 18.2 Å². The number of amides is 2. The van der Waals surface area contributed by atoms with Gasteiger partial charge in [0.05, 0.1) is 11.6 Å². The van der Waals surface area contributed by atoms with Gasteiger partial charge >= 0.3 is 0 Å². The zero-order valence-electron chi connectivity index (χ0n) is 10.9. The molecule has 0 saturated heterocycles. The van der Waals surface area contributed by atoms with E-state index in [4.69, 9.17) is 11.6 Å². The predicted octanol–water partition coefficient (Wildman–Crippen LogP) is 1.96. The van der Waals surface area contributed by atoms with E-state index >= 15 is 0 Å². The highest BCUT2D eigenvalue weighted by atomic mass is 35.5. The zero-order valence-corrected chi connectivity index (χ0v) is 11.6. The molecule has 1 aromatic carbocycles. The Morgan fingerprint density at radius 3 is 2.68 bits per heavy atom. The van der Waals surface area contributed by atoms with Crippen LogP contribution in [0.2, 0.25) is 5.02 Å². The van der Waals surface area contributed by atoms with E-state index < -0.39 is 5.82 Å². The summed E-state index contributed by atoms with van der Waals surface area (Å²) in [5.41, 5.74) is 0.726. The summed E-state index contributed by atoms with van der Waals surface area (Å²) in [6.07, 6.45) is 0.338. The molecule has 0 spiro atoms. The number of benzene rings is 1. The van der Waals surface area contributed by atoms with Crippen molar-refractivity contribution in [2.24, 2.45) is 0 Å². The third-order valence-corrected chi connectivity index (χ3v) is 2.88. The first-order chi connectivity index (χ1) is 8.93. The van der Waals surface area contributed by atoms with Crippen LogP contribution < -0.4 is 5.32 Å². The summed E-state index contributed by atoms with van der Waals surface area (Å²) in [5, 5.41) is 2.53. The second kappa shape index (κ2) is 7.09. The summed E-state index contributed by atoms with van der Waals surface area (Å²) in [6.45, 7) is 1.98. The summed E-state index contributed by atoms with van der Waals surface area (Å²) >= 11 is 5.66. The number of hydrogen-bond donors (Lipinski definition) is 1. The van der Waals surface area contributed by atoms with Crippen molar-refractivity contribution in [1.29, 1.82) is 0 Å². The number of carbonyl (C=O) groups is 2. The van der Waals surface area contributed by atoms with Crippen LogP contribution in [0.1, 0.15) is 18.9 Å². The SMILES string of the molecule is CCC(=O)NCC(=O)N(C)Cc1ccc(F)c(Cl)c1. The Hall–Kier alpha value is -1.62. The first-order valence-corrected chi connectivity index (χ1v) is 6.26. The van der Waals surface area contributed by atoms with E-state index in [0.29, 0.717) is 13.0 Å². The van der Waals surface area contributed by atoms with Gasteiger partial charge < -0.3 is 10.2 Å². The van der Waals surface area contributed by atoms with Crippen LogP contribution in [0.4, 0.5) is 4.39 Å². The number of carbonyl (C=O) groups excluding carboxylic acids is 2. The number of halogens is 2. The molecule has 1 aromatic rings. The average Bonchev–Trinajstić information content (AvgIpc) is 2.39. The highest BCUT2D eigenvalue weighted by Gasteiger charge is 2.11. The van der Waals surface area contributed by atoms with E-state index in [1.165, 1.54) is 17.0 Å². The third-order valence-electron chi connectivity index (χ3n) is 2.59. The molecule has 104 valence electrons. The van der Waals surface area contributed by atoms with Crippen molar-refractivity contribution in [3.63, 3.8) is 0 Å². The van der Waals surface area contributed by atoms with Gasteiger partial charge in [-0.3, -0.25) is 9.59 Å². The van der Waals surface area contributed by atoms with Crippen molar-refractivity contribution >= 4 is 23.4 Å². The number of nitrogens with one attached hydrogen (secondary N) is 1. The van der Waals surface area contributed by atoms with Crippen molar-refractivity contribution in [2.45, 2.75) is 19.9 Å². The van der Waals surface area contributed by atoms with E-state index in [2.05, 4.69) is 5.32 Å². The monoisotopic (exact) mass is 286 g/mol. The molecule has 19 heavy (non-hydrogen) atoms. The van der Waals surface area contributed by atoms with Crippen molar-refractivity contribution in [2.75, 3.05) is 13.6 Å². The molecule has 1 N–H and O–H groups in total. The second-order valence-corrected chi connectivity index (χ2v) is 4.54. The van der Waals surface area contributed by atoms with E-state index in [0.717, 1.165) is 5.56 Å². The normalized spacial score (nSPS) is 10.1. The Labute approximate surface area is 116 Å². The predicted molar refractivity (Wildman–Crippen MR) is 71.2 cm³/mol. The molecule has 0 aromatic heterocycles. The largest absolute Gasteiger partial charge is 0.347 e. The minimum absolute atomic E-state index is 0.0256. The van der Waals surface area contributed by atoms with Gasteiger partial charge in [0.2, 0.25) is 11.8 Å². The van der Waals surface area contributed by atoms with Gasteiger partial charge in [-0.2, -0.15) is 0 Å². The summed E-state index contributed by atoms with van der Waals surface area (Å²) in [6, 6.07) is 4.30. The Bertz CT molecular complexity index is 480. The summed E-state index contributed by atoms with van der Waals surface area (Å²) in [5.74, 6) is -0.886. The molecule has 6 heteroatoms. The third kappa shape index (κ3) is 4.87. The molecule has 1 rings (SSSR count). The summed E-state index contributed by atoms with van der Waals surface area (Å²) < 4.78 is 13.0. The topological polar surface area (TPSA) is 49.4 Å². The van der Waals surface area contributed by atoms with Gasteiger partial charge in [-0.05, 0) is 17.7 Å². The maximum absolute atomic E-state index is 13.0. The standard InChI is InChI=1S/C13H16ClFN2O2/c1-3-12(18)16-7-13(19)17(2)8-9-4-5-11(15)10(14)6-9/h4-6H,3,7-8H2,1-2H3,(H,16,18). The molecular formula is C13H16ClFN2O2. The van der Waals surface area contributed by atoms with E-state index in [9.17, 15) is 14.0 Å². The fourth-order valence-electron chi connectivity index (χ4n) is 1.43. The molecule has 0 aliphatic rings. The molecule has 4 nitrogen and oxygen atoms in total. The quantitative estimate of drug-likeness (QED) is 0.899. The van der Waals surface area contributed by atoms with Gasteiger partial charge in [0, 0.05) is 20.0 Å². The van der Waals surface area contributed by atoms with Gasteiger partial charge in [-0.1, -0.05) is 24.6 Å². The number of likely N-dealkylation sites (N-methyl/N-ethyl adjacent to an activating group) is 1. The van der Waals surface area contributed by atoms with Gasteiger partial charge in [0.15, 0.2) is 0 Å². The lowest BCUT2D eigenvalue weighted by molar-refractivity contribution is -0.132. The molecule has 0 radical (unpaired) electrons. The zero-order chi connectivity index (χ0) is 14.4. The van der Waals surface area contributed by atoms with Crippen LogP contribution in [0.5, 0.6) is 0 Å². The van der Waals surface area contributed by atoms with E-state index in [-0.39, 0.29) is 23.4 Å². The van der Waals surface area contributed by atoms with Crippen LogP contribution in [0.3, 0.4) is 0 Å². The van der Waals surface area contributed by atoms with Crippen molar-refractivity contribution < 1.29 is 14.0 Å². The minimum Gasteiger partial charge on any atom is -0.347 e. The van der Waals surface area contributed by atoms with E-state index in [1.807, 2.05) is 0 Å². The molecule has 0 bridgehead atoms. The molecular weight excluding hydrogens is 271 g/mol. The molecule has 0 heterocycles. The highest BCUT2D eigenvalue weighted by Crippen LogP contribution is 2.16. The average molecular weight is 287 g/mol. The lowest BCUT2D eigenvalue weighted by Crippen LogP contribution is -2.37. The Kier molecular flexibility index (Phi) is 5.76. The van der Waals surface area contributed by atoms with Crippen LogP contribution >= 0.6 is 11.6 Å². The maximum atomic E-state index is 13.0. The summed E-state index contributed by atoms with van der Waals surface area (Å²) in [7, 11) is 1.61. The maximum Gasteiger partial charge on any atom is 0.242 e. The fourth-order valence-corrected chi connectivity index (χ4v) is 1.64. The van der Waals surface area contributed by atoms with Crippen LogP contribution in [-0.4, -0.2) is 30.3 Å². The Morgan fingerprint density at radius 2 is 2.11 bits per heavy atom.